The minimum atomic E-state index is 0.481. The van der Waals surface area contributed by atoms with E-state index in [1.807, 2.05) is 0 Å². The fourth-order valence-corrected chi connectivity index (χ4v) is 1.30. The summed E-state index contributed by atoms with van der Waals surface area (Å²) in [4.78, 5) is 8.36. The van der Waals surface area contributed by atoms with E-state index in [4.69, 9.17) is 11.6 Å². The van der Waals surface area contributed by atoms with Gasteiger partial charge in [0.2, 0.25) is 5.95 Å². The van der Waals surface area contributed by atoms with Crippen LogP contribution in [0, 0.1) is 0 Å². The third-order valence-electron chi connectivity index (χ3n) is 1.66. The molecule has 0 radical (unpaired) electrons. The van der Waals surface area contributed by atoms with Crippen molar-refractivity contribution < 1.29 is 0 Å². The second-order valence-corrected chi connectivity index (χ2v) is 3.31. The Morgan fingerprint density at radius 1 is 1.57 bits per heavy atom. The molecule has 0 unspecified atom stereocenters. The first kappa shape index (κ1) is 11.0. The second kappa shape index (κ2) is 5.60. The summed E-state index contributed by atoms with van der Waals surface area (Å²) in [6.45, 7) is 6.35. The van der Waals surface area contributed by atoms with E-state index in [1.54, 1.807) is 12.1 Å². The van der Waals surface area contributed by atoms with Crippen molar-refractivity contribution in [2.24, 2.45) is 0 Å². The molecule has 1 heterocycles. The van der Waals surface area contributed by atoms with Crippen LogP contribution in [0.4, 0.5) is 5.95 Å². The summed E-state index contributed by atoms with van der Waals surface area (Å²) in [6, 6.07) is 1.80. The molecule has 1 aromatic heterocycles. The fraction of sp³-hybridized carbons (Fsp3) is 0.400. The summed E-state index contributed by atoms with van der Waals surface area (Å²) >= 11 is 5.85. The normalized spacial score (nSPS) is 9.86. The number of anilines is 1. The molecular formula is C10H14ClN3. The van der Waals surface area contributed by atoms with Gasteiger partial charge in [-0.05, 0) is 12.5 Å². The summed E-state index contributed by atoms with van der Waals surface area (Å²) in [5.74, 6) is 0.570. The van der Waals surface area contributed by atoms with E-state index < -0.39 is 0 Å². The highest BCUT2D eigenvalue weighted by Crippen LogP contribution is 2.11. The van der Waals surface area contributed by atoms with Crippen LogP contribution in [0.1, 0.15) is 19.0 Å². The SMILES string of the molecule is C=CCNc1nc(Cl)cc(CCC)n1. The summed E-state index contributed by atoms with van der Waals surface area (Å²) < 4.78 is 0. The van der Waals surface area contributed by atoms with Gasteiger partial charge in [-0.25, -0.2) is 9.97 Å². The van der Waals surface area contributed by atoms with Crippen molar-refractivity contribution in [3.05, 3.63) is 29.6 Å². The lowest BCUT2D eigenvalue weighted by atomic mass is 10.2. The highest BCUT2D eigenvalue weighted by Gasteiger charge is 2.01. The summed E-state index contributed by atoms with van der Waals surface area (Å²) in [5.41, 5.74) is 0.971. The molecule has 0 aliphatic heterocycles. The number of rotatable bonds is 5. The van der Waals surface area contributed by atoms with E-state index in [1.165, 1.54) is 0 Å². The van der Waals surface area contributed by atoms with Crippen molar-refractivity contribution in [3.63, 3.8) is 0 Å². The van der Waals surface area contributed by atoms with Crippen LogP contribution in [0.15, 0.2) is 18.7 Å². The van der Waals surface area contributed by atoms with Crippen LogP contribution >= 0.6 is 11.6 Å². The van der Waals surface area contributed by atoms with E-state index in [9.17, 15) is 0 Å². The van der Waals surface area contributed by atoms with Crippen molar-refractivity contribution in [2.75, 3.05) is 11.9 Å². The first-order chi connectivity index (χ1) is 6.76. The van der Waals surface area contributed by atoms with E-state index in [2.05, 4.69) is 28.8 Å². The van der Waals surface area contributed by atoms with Gasteiger partial charge in [-0.2, -0.15) is 0 Å². The molecule has 0 aromatic carbocycles. The van der Waals surface area contributed by atoms with E-state index >= 15 is 0 Å². The van der Waals surface area contributed by atoms with Crippen molar-refractivity contribution in [2.45, 2.75) is 19.8 Å². The second-order valence-electron chi connectivity index (χ2n) is 2.93. The van der Waals surface area contributed by atoms with Crippen LogP contribution in [-0.4, -0.2) is 16.5 Å². The number of hydrogen-bond acceptors (Lipinski definition) is 3. The Morgan fingerprint density at radius 2 is 2.36 bits per heavy atom. The van der Waals surface area contributed by atoms with Gasteiger partial charge < -0.3 is 5.32 Å². The fourth-order valence-electron chi connectivity index (χ4n) is 1.09. The average Bonchev–Trinajstić information content (AvgIpc) is 2.14. The van der Waals surface area contributed by atoms with Gasteiger partial charge in [0.1, 0.15) is 5.15 Å². The third-order valence-corrected chi connectivity index (χ3v) is 1.85. The molecule has 0 spiro atoms. The van der Waals surface area contributed by atoms with Crippen LogP contribution < -0.4 is 5.32 Å². The Labute approximate surface area is 89.2 Å². The molecule has 0 saturated carbocycles. The zero-order valence-corrected chi connectivity index (χ0v) is 9.01. The number of aryl methyl sites for hydroxylation is 1. The largest absolute Gasteiger partial charge is 0.351 e. The molecule has 0 saturated heterocycles. The number of halogens is 1. The quantitative estimate of drug-likeness (QED) is 0.601. The van der Waals surface area contributed by atoms with Gasteiger partial charge >= 0.3 is 0 Å². The Kier molecular flexibility index (Phi) is 4.40. The smallest absolute Gasteiger partial charge is 0.224 e. The maximum absolute atomic E-state index is 5.85. The van der Waals surface area contributed by atoms with E-state index in [0.717, 1.165) is 18.5 Å². The van der Waals surface area contributed by atoms with E-state index in [-0.39, 0.29) is 0 Å². The molecular weight excluding hydrogens is 198 g/mol. The number of aromatic nitrogens is 2. The van der Waals surface area contributed by atoms with Gasteiger partial charge in [-0.1, -0.05) is 31.0 Å². The predicted octanol–water partition coefficient (Wildman–Crippen LogP) is 2.68. The minimum Gasteiger partial charge on any atom is -0.351 e. The Morgan fingerprint density at radius 3 is 3.00 bits per heavy atom. The van der Waals surface area contributed by atoms with Crippen LogP contribution in [0.25, 0.3) is 0 Å². The third kappa shape index (κ3) is 3.34. The molecule has 14 heavy (non-hydrogen) atoms. The van der Waals surface area contributed by atoms with Gasteiger partial charge in [0.15, 0.2) is 0 Å². The molecule has 3 nitrogen and oxygen atoms in total. The van der Waals surface area contributed by atoms with Gasteiger partial charge in [-0.3, -0.25) is 0 Å². The summed E-state index contributed by atoms with van der Waals surface area (Å²) in [6.07, 6.45) is 3.73. The maximum atomic E-state index is 5.85. The Bertz CT molecular complexity index is 312. The molecule has 0 bridgehead atoms. The van der Waals surface area contributed by atoms with Crippen molar-refractivity contribution in [1.82, 2.24) is 9.97 Å². The maximum Gasteiger partial charge on any atom is 0.224 e. The molecule has 0 amide bonds. The molecule has 4 heteroatoms. The van der Waals surface area contributed by atoms with Gasteiger partial charge in [0, 0.05) is 12.2 Å². The zero-order chi connectivity index (χ0) is 10.4. The number of hydrogen-bond donors (Lipinski definition) is 1. The van der Waals surface area contributed by atoms with Gasteiger partial charge in [0.05, 0.1) is 0 Å². The molecule has 0 fully saturated rings. The molecule has 76 valence electrons. The van der Waals surface area contributed by atoms with Crippen LogP contribution in [-0.2, 0) is 6.42 Å². The molecule has 1 aromatic rings. The topological polar surface area (TPSA) is 37.8 Å². The first-order valence-electron chi connectivity index (χ1n) is 4.64. The molecule has 0 atom stereocenters. The Balaban J connectivity index is 2.77. The first-order valence-corrected chi connectivity index (χ1v) is 5.02. The number of nitrogens with one attached hydrogen (secondary N) is 1. The monoisotopic (exact) mass is 211 g/mol. The standard InChI is InChI=1S/C10H14ClN3/c1-3-5-8-7-9(11)14-10(13-8)12-6-4-2/h4,7H,2-3,5-6H2,1H3,(H,12,13,14). The molecule has 1 rings (SSSR count). The Hall–Kier alpha value is -1.09. The van der Waals surface area contributed by atoms with Crippen molar-refractivity contribution >= 4 is 17.5 Å². The zero-order valence-electron chi connectivity index (χ0n) is 8.26. The lowest BCUT2D eigenvalue weighted by Crippen LogP contribution is -2.04. The summed E-state index contributed by atoms with van der Waals surface area (Å²) in [7, 11) is 0. The van der Waals surface area contributed by atoms with Gasteiger partial charge in [-0.15, -0.1) is 6.58 Å². The highest BCUT2D eigenvalue weighted by molar-refractivity contribution is 6.29. The van der Waals surface area contributed by atoms with Crippen LogP contribution in [0.5, 0.6) is 0 Å². The van der Waals surface area contributed by atoms with Crippen molar-refractivity contribution in [3.8, 4) is 0 Å². The number of nitrogens with zero attached hydrogens (tertiary/aromatic N) is 2. The molecule has 1 N–H and O–H groups in total. The van der Waals surface area contributed by atoms with Gasteiger partial charge in [0.25, 0.3) is 0 Å². The van der Waals surface area contributed by atoms with Crippen molar-refractivity contribution in [1.29, 1.82) is 0 Å². The average molecular weight is 212 g/mol. The minimum absolute atomic E-state index is 0.481. The van der Waals surface area contributed by atoms with Crippen LogP contribution in [0.2, 0.25) is 5.15 Å². The lowest BCUT2D eigenvalue weighted by Gasteiger charge is -2.04. The molecule has 0 aliphatic rings. The van der Waals surface area contributed by atoms with Crippen LogP contribution in [0.3, 0.4) is 0 Å². The molecule has 0 aliphatic carbocycles. The predicted molar refractivity (Wildman–Crippen MR) is 59.7 cm³/mol. The van der Waals surface area contributed by atoms with E-state index in [0.29, 0.717) is 17.6 Å². The summed E-state index contributed by atoms with van der Waals surface area (Å²) in [5, 5.41) is 3.49. The lowest BCUT2D eigenvalue weighted by molar-refractivity contribution is 0.873. The highest BCUT2D eigenvalue weighted by atomic mass is 35.5.